The Bertz CT molecular complexity index is 367. The van der Waals surface area contributed by atoms with Gasteiger partial charge in [-0.25, -0.2) is 0 Å². The topological polar surface area (TPSA) is 29.1 Å². The quantitative estimate of drug-likeness (QED) is 0.669. The molecule has 14 heavy (non-hydrogen) atoms. The lowest BCUT2D eigenvalue weighted by molar-refractivity contribution is -0.116. The molecule has 0 saturated carbocycles. The molecule has 1 aromatic carbocycles. The van der Waals surface area contributed by atoms with Crippen LogP contribution in [0.25, 0.3) is 6.08 Å². The van der Waals surface area contributed by atoms with Crippen LogP contribution >= 0.6 is 0 Å². The number of amides is 1. The fourth-order valence-electron chi connectivity index (χ4n) is 1.67. The third kappa shape index (κ3) is 1.84. The first-order valence-electron chi connectivity index (χ1n) is 4.82. The molecule has 1 amide bonds. The zero-order chi connectivity index (χ0) is 9.97. The Morgan fingerprint density at radius 1 is 1.36 bits per heavy atom. The number of carbonyl (C=O) groups excluding carboxylic acids is 1. The van der Waals surface area contributed by atoms with Gasteiger partial charge in [0, 0.05) is 11.6 Å². The lowest BCUT2D eigenvalue weighted by Gasteiger charge is -1.95. The molecule has 2 rings (SSSR count). The molecule has 1 aliphatic heterocycles. The van der Waals surface area contributed by atoms with Gasteiger partial charge in [-0.05, 0) is 25.0 Å². The third-order valence-corrected chi connectivity index (χ3v) is 2.34. The van der Waals surface area contributed by atoms with Gasteiger partial charge in [0.25, 0.3) is 0 Å². The Morgan fingerprint density at radius 2 is 2.07 bits per heavy atom. The maximum atomic E-state index is 11.4. The van der Waals surface area contributed by atoms with Crippen molar-refractivity contribution in [3.63, 3.8) is 0 Å². The van der Waals surface area contributed by atoms with E-state index >= 15 is 0 Å². The molecule has 0 unspecified atom stereocenters. The van der Waals surface area contributed by atoms with E-state index in [9.17, 15) is 4.79 Å². The Kier molecular flexibility index (Phi) is 2.35. The highest BCUT2D eigenvalue weighted by molar-refractivity contribution is 6.00. The number of hydrogen-bond acceptors (Lipinski definition) is 1. The van der Waals surface area contributed by atoms with Gasteiger partial charge in [-0.3, -0.25) is 4.79 Å². The molecule has 1 saturated heterocycles. The van der Waals surface area contributed by atoms with Gasteiger partial charge in [0.1, 0.15) is 0 Å². The molecule has 0 aliphatic carbocycles. The van der Waals surface area contributed by atoms with Crippen LogP contribution in [0.15, 0.2) is 35.9 Å². The van der Waals surface area contributed by atoms with Crippen LogP contribution in [-0.4, -0.2) is 11.9 Å². The molecule has 1 atom stereocenters. The van der Waals surface area contributed by atoms with Crippen molar-refractivity contribution in [3.8, 4) is 0 Å². The van der Waals surface area contributed by atoms with E-state index in [1.165, 1.54) is 0 Å². The maximum absolute atomic E-state index is 11.4. The van der Waals surface area contributed by atoms with E-state index in [0.717, 1.165) is 17.6 Å². The zero-order valence-corrected chi connectivity index (χ0v) is 8.16. The van der Waals surface area contributed by atoms with Crippen molar-refractivity contribution < 1.29 is 4.79 Å². The van der Waals surface area contributed by atoms with Crippen molar-refractivity contribution in [2.45, 2.75) is 19.4 Å². The van der Waals surface area contributed by atoms with Gasteiger partial charge in [-0.2, -0.15) is 0 Å². The average Bonchev–Trinajstić information content (AvgIpc) is 2.47. The Morgan fingerprint density at radius 3 is 2.64 bits per heavy atom. The van der Waals surface area contributed by atoms with Crippen molar-refractivity contribution in [1.29, 1.82) is 0 Å². The normalized spacial score (nSPS) is 23.9. The Hall–Kier alpha value is -1.57. The molecular formula is C12H13NO. The van der Waals surface area contributed by atoms with E-state index in [1.807, 2.05) is 43.3 Å². The van der Waals surface area contributed by atoms with Crippen LogP contribution < -0.4 is 5.32 Å². The minimum Gasteiger partial charge on any atom is -0.350 e. The lowest BCUT2D eigenvalue weighted by Crippen LogP contribution is -2.21. The second-order valence-corrected chi connectivity index (χ2v) is 3.66. The maximum Gasteiger partial charge on any atom is 0.247 e. The Labute approximate surface area is 83.6 Å². The van der Waals surface area contributed by atoms with Crippen LogP contribution in [0.5, 0.6) is 0 Å². The van der Waals surface area contributed by atoms with Crippen LogP contribution in [0.3, 0.4) is 0 Å². The molecule has 0 bridgehead atoms. The van der Waals surface area contributed by atoms with Gasteiger partial charge in [-0.1, -0.05) is 30.3 Å². The highest BCUT2D eigenvalue weighted by atomic mass is 16.2. The van der Waals surface area contributed by atoms with Gasteiger partial charge in [0.15, 0.2) is 0 Å². The molecule has 1 fully saturated rings. The average molecular weight is 187 g/mol. The molecule has 2 heteroatoms. The Balaban J connectivity index is 2.23. The minimum atomic E-state index is 0.0707. The number of benzene rings is 1. The molecule has 1 aliphatic rings. The molecule has 0 radical (unpaired) electrons. The third-order valence-electron chi connectivity index (χ3n) is 2.34. The summed E-state index contributed by atoms with van der Waals surface area (Å²) >= 11 is 0. The van der Waals surface area contributed by atoms with Gasteiger partial charge in [-0.15, -0.1) is 0 Å². The summed E-state index contributed by atoms with van der Waals surface area (Å²) in [5, 5.41) is 2.88. The van der Waals surface area contributed by atoms with Crippen molar-refractivity contribution in [3.05, 3.63) is 41.5 Å². The minimum absolute atomic E-state index is 0.0707. The van der Waals surface area contributed by atoms with Crippen LogP contribution in [0.1, 0.15) is 18.9 Å². The summed E-state index contributed by atoms with van der Waals surface area (Å²) in [6, 6.07) is 10.2. The first-order chi connectivity index (χ1) is 6.75. The molecule has 1 heterocycles. The van der Waals surface area contributed by atoms with Crippen molar-refractivity contribution >= 4 is 12.0 Å². The van der Waals surface area contributed by atoms with Crippen molar-refractivity contribution in [2.75, 3.05) is 0 Å². The number of carbonyl (C=O) groups is 1. The summed E-state index contributed by atoms with van der Waals surface area (Å²) in [7, 11) is 0. The van der Waals surface area contributed by atoms with E-state index in [1.54, 1.807) is 0 Å². The lowest BCUT2D eigenvalue weighted by atomic mass is 10.1. The van der Waals surface area contributed by atoms with Gasteiger partial charge in [0.05, 0.1) is 0 Å². The van der Waals surface area contributed by atoms with E-state index in [4.69, 9.17) is 0 Å². The SMILES string of the molecule is C[C@H]1C/C(=C/c2ccccc2)C(=O)N1. The molecule has 72 valence electrons. The molecule has 2 nitrogen and oxygen atoms in total. The second-order valence-electron chi connectivity index (χ2n) is 3.66. The molecule has 0 spiro atoms. The van der Waals surface area contributed by atoms with Crippen molar-refractivity contribution in [2.24, 2.45) is 0 Å². The largest absolute Gasteiger partial charge is 0.350 e. The van der Waals surface area contributed by atoms with Gasteiger partial charge in [0.2, 0.25) is 5.91 Å². The highest BCUT2D eigenvalue weighted by Crippen LogP contribution is 2.17. The number of nitrogens with one attached hydrogen (secondary N) is 1. The monoisotopic (exact) mass is 187 g/mol. The summed E-state index contributed by atoms with van der Waals surface area (Å²) in [5.74, 6) is 0.0707. The van der Waals surface area contributed by atoms with E-state index in [-0.39, 0.29) is 11.9 Å². The summed E-state index contributed by atoms with van der Waals surface area (Å²) in [6.07, 6.45) is 2.78. The van der Waals surface area contributed by atoms with E-state index in [0.29, 0.717) is 0 Å². The molecule has 1 N–H and O–H groups in total. The highest BCUT2D eigenvalue weighted by Gasteiger charge is 2.22. The standard InChI is InChI=1S/C12H13NO/c1-9-7-11(12(14)13-9)8-10-5-3-2-4-6-10/h2-6,8-9H,7H2,1H3,(H,13,14)/b11-8-/t9-/m0/s1. The summed E-state index contributed by atoms with van der Waals surface area (Å²) in [5.41, 5.74) is 1.97. The van der Waals surface area contributed by atoms with Gasteiger partial charge >= 0.3 is 0 Å². The molecular weight excluding hydrogens is 174 g/mol. The fourth-order valence-corrected chi connectivity index (χ4v) is 1.67. The molecule has 0 aromatic heterocycles. The van der Waals surface area contributed by atoms with E-state index < -0.39 is 0 Å². The zero-order valence-electron chi connectivity index (χ0n) is 8.16. The predicted molar refractivity (Wildman–Crippen MR) is 56.6 cm³/mol. The summed E-state index contributed by atoms with van der Waals surface area (Å²) in [6.45, 7) is 2.02. The predicted octanol–water partition coefficient (Wildman–Crippen LogP) is 1.98. The van der Waals surface area contributed by atoms with Crippen molar-refractivity contribution in [1.82, 2.24) is 5.32 Å². The molecule has 1 aromatic rings. The first kappa shape index (κ1) is 9.00. The van der Waals surface area contributed by atoms with Crippen LogP contribution in [0.4, 0.5) is 0 Å². The second kappa shape index (κ2) is 3.66. The van der Waals surface area contributed by atoms with Crippen LogP contribution in [0.2, 0.25) is 0 Å². The van der Waals surface area contributed by atoms with Gasteiger partial charge < -0.3 is 5.32 Å². The summed E-state index contributed by atoms with van der Waals surface area (Å²) < 4.78 is 0. The van der Waals surface area contributed by atoms with Crippen LogP contribution in [-0.2, 0) is 4.79 Å². The number of rotatable bonds is 1. The number of hydrogen-bond donors (Lipinski definition) is 1. The first-order valence-corrected chi connectivity index (χ1v) is 4.82. The summed E-state index contributed by atoms with van der Waals surface area (Å²) in [4.78, 5) is 11.4. The van der Waals surface area contributed by atoms with Crippen LogP contribution in [0, 0.1) is 0 Å². The smallest absolute Gasteiger partial charge is 0.247 e. The fraction of sp³-hybridized carbons (Fsp3) is 0.250. The van der Waals surface area contributed by atoms with E-state index in [2.05, 4.69) is 5.32 Å².